The fourth-order valence-electron chi connectivity index (χ4n) is 4.21. The molecule has 2 amide bonds. The van der Waals surface area contributed by atoms with E-state index < -0.39 is 23.1 Å². The van der Waals surface area contributed by atoms with Crippen molar-refractivity contribution in [3.63, 3.8) is 0 Å². The third-order valence-electron chi connectivity index (χ3n) is 6.56. The standard InChI is InChI=1S/C28H24ClF3N4O3/c1-27(14-39-15-27)26(38)33-13-17-4-8-21(29)20(10-17)25(37)34-19-6-2-16(3-7-19)11-24-35-22-9-5-18(28(30,31)32)12-23(22)36-24/h2-10,12H,11,13-15H2,1H3,(H,33,38)(H,34,37)(H,35,36). The fraction of sp³-hybridized carbons (Fsp3) is 0.250. The number of hydrogen-bond donors (Lipinski definition) is 3. The Balaban J connectivity index is 1.22. The first-order valence-electron chi connectivity index (χ1n) is 12.1. The Kier molecular flexibility index (Phi) is 7.09. The van der Waals surface area contributed by atoms with E-state index in [1.807, 2.05) is 6.92 Å². The summed E-state index contributed by atoms with van der Waals surface area (Å²) in [7, 11) is 0. The number of fused-ring (bicyclic) bond motifs is 1. The second-order valence-electron chi connectivity index (χ2n) is 9.79. The van der Waals surface area contributed by atoms with E-state index in [1.165, 1.54) is 6.07 Å². The minimum absolute atomic E-state index is 0.108. The van der Waals surface area contributed by atoms with E-state index in [1.54, 1.807) is 42.5 Å². The van der Waals surface area contributed by atoms with E-state index >= 15 is 0 Å². The van der Waals surface area contributed by atoms with Crippen LogP contribution in [0.2, 0.25) is 5.02 Å². The van der Waals surface area contributed by atoms with Crippen molar-refractivity contribution >= 4 is 40.1 Å². The third kappa shape index (κ3) is 5.91. The van der Waals surface area contributed by atoms with Gasteiger partial charge in [-0.05, 0) is 60.5 Å². The highest BCUT2D eigenvalue weighted by molar-refractivity contribution is 6.34. The number of carbonyl (C=O) groups is 2. The summed E-state index contributed by atoms with van der Waals surface area (Å²) in [5.41, 5.74) is 1.87. The lowest BCUT2D eigenvalue weighted by atomic mass is 9.87. The fourth-order valence-corrected chi connectivity index (χ4v) is 4.41. The van der Waals surface area contributed by atoms with Gasteiger partial charge in [-0.2, -0.15) is 13.2 Å². The van der Waals surface area contributed by atoms with Crippen molar-refractivity contribution in [2.75, 3.05) is 18.5 Å². The predicted octanol–water partition coefficient (Wildman–Crippen LogP) is 5.73. The maximum atomic E-state index is 13.0. The Morgan fingerprint density at radius 1 is 1.05 bits per heavy atom. The number of nitrogens with zero attached hydrogens (tertiary/aromatic N) is 1. The van der Waals surface area contributed by atoms with Crippen molar-refractivity contribution in [2.45, 2.75) is 26.1 Å². The number of halogens is 4. The lowest BCUT2D eigenvalue weighted by molar-refractivity contribution is -0.157. The molecule has 0 radical (unpaired) electrons. The first-order chi connectivity index (χ1) is 18.5. The molecule has 1 aliphatic rings. The van der Waals surface area contributed by atoms with Crippen LogP contribution < -0.4 is 10.6 Å². The van der Waals surface area contributed by atoms with Gasteiger partial charge < -0.3 is 20.4 Å². The molecule has 0 aliphatic carbocycles. The first-order valence-corrected chi connectivity index (χ1v) is 12.5. The number of ether oxygens (including phenoxy) is 1. The van der Waals surface area contributed by atoms with Crippen molar-refractivity contribution in [3.05, 3.63) is 93.8 Å². The summed E-state index contributed by atoms with van der Waals surface area (Å²) in [5, 5.41) is 5.95. The topological polar surface area (TPSA) is 96.1 Å². The van der Waals surface area contributed by atoms with Gasteiger partial charge in [0.25, 0.3) is 5.91 Å². The Bertz CT molecular complexity index is 1550. The van der Waals surface area contributed by atoms with Gasteiger partial charge in [0.15, 0.2) is 0 Å². The lowest BCUT2D eigenvalue weighted by Crippen LogP contribution is -2.51. The van der Waals surface area contributed by atoms with Crippen LogP contribution in [-0.4, -0.2) is 35.0 Å². The van der Waals surface area contributed by atoms with E-state index in [2.05, 4.69) is 20.6 Å². The number of nitrogens with one attached hydrogen (secondary N) is 3. The molecule has 39 heavy (non-hydrogen) atoms. The van der Waals surface area contributed by atoms with Gasteiger partial charge in [-0.1, -0.05) is 29.8 Å². The van der Waals surface area contributed by atoms with Crippen molar-refractivity contribution in [2.24, 2.45) is 5.41 Å². The average molecular weight is 557 g/mol. The minimum Gasteiger partial charge on any atom is -0.379 e. The number of carbonyl (C=O) groups excluding carboxylic acids is 2. The molecule has 0 bridgehead atoms. The zero-order valence-electron chi connectivity index (χ0n) is 20.8. The summed E-state index contributed by atoms with van der Waals surface area (Å²) >= 11 is 6.27. The molecule has 3 aromatic carbocycles. The number of aromatic amines is 1. The van der Waals surface area contributed by atoms with Crippen LogP contribution in [0.15, 0.2) is 60.7 Å². The second-order valence-corrected chi connectivity index (χ2v) is 10.2. The molecule has 3 N–H and O–H groups in total. The van der Waals surface area contributed by atoms with Gasteiger partial charge in [0, 0.05) is 18.7 Å². The smallest absolute Gasteiger partial charge is 0.379 e. The Labute approximate surface area is 226 Å². The maximum absolute atomic E-state index is 13.0. The summed E-state index contributed by atoms with van der Waals surface area (Å²) in [6.07, 6.45) is -4.06. The Hall–Kier alpha value is -3.89. The van der Waals surface area contributed by atoms with Crippen LogP contribution in [0.3, 0.4) is 0 Å². The number of anilines is 1. The zero-order valence-corrected chi connectivity index (χ0v) is 21.5. The molecule has 4 aromatic rings. The lowest BCUT2D eigenvalue weighted by Gasteiger charge is -2.36. The van der Waals surface area contributed by atoms with Crippen LogP contribution in [0.25, 0.3) is 11.0 Å². The van der Waals surface area contributed by atoms with E-state index in [-0.39, 0.29) is 28.6 Å². The molecule has 1 aliphatic heterocycles. The second kappa shape index (κ2) is 10.3. The van der Waals surface area contributed by atoms with Gasteiger partial charge in [0.2, 0.25) is 5.91 Å². The van der Waals surface area contributed by atoms with Crippen molar-refractivity contribution in [3.8, 4) is 0 Å². The first kappa shape index (κ1) is 26.7. The molecule has 11 heteroatoms. The molecule has 0 saturated carbocycles. The molecule has 0 unspecified atom stereocenters. The van der Waals surface area contributed by atoms with Crippen molar-refractivity contribution in [1.82, 2.24) is 15.3 Å². The molecular weight excluding hydrogens is 533 g/mol. The number of hydrogen-bond acceptors (Lipinski definition) is 4. The molecule has 1 fully saturated rings. The normalized spacial score (nSPS) is 14.6. The van der Waals surface area contributed by atoms with Gasteiger partial charge in [-0.25, -0.2) is 4.98 Å². The van der Waals surface area contributed by atoms with Crippen LogP contribution in [-0.2, 0) is 28.7 Å². The highest BCUT2D eigenvalue weighted by Crippen LogP contribution is 2.31. The number of alkyl halides is 3. The number of imidazole rings is 1. The monoisotopic (exact) mass is 556 g/mol. The van der Waals surface area contributed by atoms with Gasteiger partial charge in [0.05, 0.1) is 45.8 Å². The number of benzene rings is 3. The molecule has 5 rings (SSSR count). The van der Waals surface area contributed by atoms with Gasteiger partial charge in [-0.15, -0.1) is 0 Å². The zero-order chi connectivity index (χ0) is 27.8. The highest BCUT2D eigenvalue weighted by atomic mass is 35.5. The maximum Gasteiger partial charge on any atom is 0.416 e. The molecule has 2 heterocycles. The van der Waals surface area contributed by atoms with E-state index in [0.29, 0.717) is 36.7 Å². The Morgan fingerprint density at radius 3 is 2.44 bits per heavy atom. The van der Waals surface area contributed by atoms with Gasteiger partial charge in [-0.3, -0.25) is 9.59 Å². The molecule has 0 spiro atoms. The molecule has 202 valence electrons. The van der Waals surface area contributed by atoms with Crippen LogP contribution in [0, 0.1) is 5.41 Å². The van der Waals surface area contributed by atoms with E-state index in [4.69, 9.17) is 16.3 Å². The quantitative estimate of drug-likeness (QED) is 0.271. The number of amides is 2. The van der Waals surface area contributed by atoms with Crippen LogP contribution in [0.1, 0.15) is 39.8 Å². The van der Waals surface area contributed by atoms with Crippen LogP contribution >= 0.6 is 11.6 Å². The van der Waals surface area contributed by atoms with E-state index in [0.717, 1.165) is 23.3 Å². The predicted molar refractivity (Wildman–Crippen MR) is 141 cm³/mol. The van der Waals surface area contributed by atoms with Crippen molar-refractivity contribution in [1.29, 1.82) is 0 Å². The molecule has 0 atom stereocenters. The molecular formula is C28H24ClF3N4O3. The summed E-state index contributed by atoms with van der Waals surface area (Å²) in [6, 6.07) is 15.4. The number of H-pyrrole nitrogens is 1. The van der Waals surface area contributed by atoms with Crippen LogP contribution in [0.5, 0.6) is 0 Å². The van der Waals surface area contributed by atoms with Gasteiger partial charge in [0.1, 0.15) is 5.82 Å². The minimum atomic E-state index is -4.43. The highest BCUT2D eigenvalue weighted by Gasteiger charge is 2.40. The number of rotatable bonds is 7. The SMILES string of the molecule is CC1(C(=O)NCc2ccc(Cl)c(C(=O)Nc3ccc(Cc4nc5cc(C(F)(F)F)ccc5[nH]4)cc3)c2)COC1. The summed E-state index contributed by atoms with van der Waals surface area (Å²) in [4.78, 5) is 32.6. The summed E-state index contributed by atoms with van der Waals surface area (Å²) < 4.78 is 44.0. The summed E-state index contributed by atoms with van der Waals surface area (Å²) in [6.45, 7) is 2.85. The number of aromatic nitrogens is 2. The molecule has 1 saturated heterocycles. The van der Waals surface area contributed by atoms with E-state index in [9.17, 15) is 22.8 Å². The molecule has 7 nitrogen and oxygen atoms in total. The third-order valence-corrected chi connectivity index (χ3v) is 6.89. The van der Waals surface area contributed by atoms with Crippen LogP contribution in [0.4, 0.5) is 18.9 Å². The van der Waals surface area contributed by atoms with Gasteiger partial charge >= 0.3 is 6.18 Å². The average Bonchev–Trinajstić information content (AvgIpc) is 3.28. The molecule has 1 aromatic heterocycles. The summed E-state index contributed by atoms with van der Waals surface area (Å²) in [5.74, 6) is 0.0113. The van der Waals surface area contributed by atoms with Crippen molar-refractivity contribution < 1.29 is 27.5 Å². The largest absolute Gasteiger partial charge is 0.416 e. The Morgan fingerprint density at radius 2 is 1.77 bits per heavy atom.